The number of carbonyl (C=O) groups excluding carboxylic acids is 1. The van der Waals surface area contributed by atoms with E-state index in [0.29, 0.717) is 6.42 Å². The number of ketones is 1. The van der Waals surface area contributed by atoms with Gasteiger partial charge in [-0.25, -0.2) is 0 Å². The highest BCUT2D eigenvalue weighted by molar-refractivity contribution is 6.31. The van der Waals surface area contributed by atoms with Gasteiger partial charge in [-0.3, -0.25) is 0 Å². The van der Waals surface area contributed by atoms with E-state index in [2.05, 4.69) is 11.5 Å². The molecule has 0 aliphatic rings. The van der Waals surface area contributed by atoms with Gasteiger partial charge >= 0.3 is 0 Å². The minimum Gasteiger partial charge on any atom is -0.348 e. The van der Waals surface area contributed by atoms with Crippen LogP contribution in [-0.2, 0) is 18.3 Å². The molecule has 2 nitrogen and oxygen atoms in total. The monoisotopic (exact) mass is 249 g/mol. The van der Waals surface area contributed by atoms with Crippen molar-refractivity contribution in [1.29, 1.82) is 0 Å². The average Bonchev–Trinajstić information content (AvgIpc) is 2.49. The van der Waals surface area contributed by atoms with Gasteiger partial charge in [0.25, 0.3) is 0 Å². The quantitative estimate of drug-likeness (QED) is 0.814. The van der Waals surface area contributed by atoms with Gasteiger partial charge in [-0.15, -0.1) is 0 Å². The van der Waals surface area contributed by atoms with Crippen LogP contribution in [0.2, 0.25) is 5.02 Å². The second-order valence-corrected chi connectivity index (χ2v) is 4.92. The lowest BCUT2D eigenvalue weighted by Crippen LogP contribution is -1.96. The van der Waals surface area contributed by atoms with E-state index >= 15 is 0 Å². The number of rotatable bonds is 3. The van der Waals surface area contributed by atoms with Crippen LogP contribution in [0.3, 0.4) is 0 Å². The zero-order valence-electron chi connectivity index (χ0n) is 10.4. The Morgan fingerprint density at radius 3 is 2.76 bits per heavy atom. The number of carbonyl (C=O) groups is 1. The molecule has 1 heterocycles. The van der Waals surface area contributed by atoms with E-state index < -0.39 is 0 Å². The average molecular weight is 250 g/mol. The predicted molar refractivity (Wildman–Crippen MR) is 71.7 cm³/mol. The van der Waals surface area contributed by atoms with Crippen LogP contribution in [0.5, 0.6) is 0 Å². The van der Waals surface area contributed by atoms with E-state index in [1.165, 1.54) is 22.2 Å². The van der Waals surface area contributed by atoms with Crippen molar-refractivity contribution in [1.82, 2.24) is 4.57 Å². The van der Waals surface area contributed by atoms with Crippen molar-refractivity contribution in [2.24, 2.45) is 7.05 Å². The lowest BCUT2D eigenvalue weighted by atomic mass is 10.0. The Morgan fingerprint density at radius 2 is 2.12 bits per heavy atom. The predicted octanol–water partition coefficient (Wildman–Crippen LogP) is 3.66. The fourth-order valence-electron chi connectivity index (χ4n) is 2.24. The summed E-state index contributed by atoms with van der Waals surface area (Å²) in [6.07, 6.45) is 1.38. The summed E-state index contributed by atoms with van der Waals surface area (Å²) in [5, 5.41) is 1.91. The van der Waals surface area contributed by atoms with Crippen molar-refractivity contribution in [2.75, 3.05) is 0 Å². The zero-order chi connectivity index (χ0) is 12.6. The van der Waals surface area contributed by atoms with Crippen LogP contribution in [0.1, 0.15) is 24.6 Å². The molecule has 0 spiro atoms. The molecule has 0 aliphatic heterocycles. The van der Waals surface area contributed by atoms with Gasteiger partial charge in [-0.2, -0.15) is 0 Å². The number of fused-ring (bicyclic) bond motifs is 1. The lowest BCUT2D eigenvalue weighted by molar-refractivity contribution is -0.116. The molecule has 0 N–H and O–H groups in total. The maximum atomic E-state index is 11.1. The SMILES string of the molecule is CC(=O)CCc1c(C)n(C)c2ccc(Cl)cc12. The molecule has 0 fully saturated rings. The van der Waals surface area contributed by atoms with Gasteiger partial charge in [-0.05, 0) is 44.0 Å². The molecule has 17 heavy (non-hydrogen) atoms. The van der Waals surface area contributed by atoms with E-state index in [1.54, 1.807) is 6.92 Å². The van der Waals surface area contributed by atoms with Crippen LogP contribution in [-0.4, -0.2) is 10.4 Å². The van der Waals surface area contributed by atoms with Crippen molar-refractivity contribution >= 4 is 28.3 Å². The summed E-state index contributed by atoms with van der Waals surface area (Å²) < 4.78 is 2.15. The molecule has 0 aliphatic carbocycles. The maximum Gasteiger partial charge on any atom is 0.130 e. The Kier molecular flexibility index (Phi) is 3.25. The summed E-state index contributed by atoms with van der Waals surface area (Å²) in [6.45, 7) is 3.72. The lowest BCUT2D eigenvalue weighted by Gasteiger charge is -2.00. The van der Waals surface area contributed by atoms with E-state index in [1.807, 2.05) is 25.2 Å². The summed E-state index contributed by atoms with van der Waals surface area (Å²) in [5.74, 6) is 0.225. The third-order valence-electron chi connectivity index (χ3n) is 3.31. The molecular weight excluding hydrogens is 234 g/mol. The number of benzene rings is 1. The van der Waals surface area contributed by atoms with E-state index in [4.69, 9.17) is 11.6 Å². The summed E-state index contributed by atoms with van der Waals surface area (Å²) in [7, 11) is 2.04. The van der Waals surface area contributed by atoms with E-state index in [9.17, 15) is 4.79 Å². The van der Waals surface area contributed by atoms with Crippen LogP contribution in [0.4, 0.5) is 0 Å². The van der Waals surface area contributed by atoms with Crippen molar-refractivity contribution in [2.45, 2.75) is 26.7 Å². The Balaban J connectivity index is 2.56. The Labute approximate surface area is 106 Å². The van der Waals surface area contributed by atoms with Gasteiger partial charge in [0.15, 0.2) is 0 Å². The fraction of sp³-hybridized carbons (Fsp3) is 0.357. The molecule has 0 radical (unpaired) electrons. The first kappa shape index (κ1) is 12.2. The van der Waals surface area contributed by atoms with Crippen molar-refractivity contribution in [3.63, 3.8) is 0 Å². The van der Waals surface area contributed by atoms with Gasteiger partial charge in [-0.1, -0.05) is 11.6 Å². The van der Waals surface area contributed by atoms with Crippen LogP contribution in [0.25, 0.3) is 10.9 Å². The van der Waals surface area contributed by atoms with Gasteiger partial charge in [0.2, 0.25) is 0 Å². The van der Waals surface area contributed by atoms with E-state index in [-0.39, 0.29) is 5.78 Å². The summed E-state index contributed by atoms with van der Waals surface area (Å²) in [5.41, 5.74) is 3.62. The minimum absolute atomic E-state index is 0.225. The highest BCUT2D eigenvalue weighted by Gasteiger charge is 2.12. The number of aryl methyl sites for hydroxylation is 2. The molecule has 2 rings (SSSR count). The molecule has 0 saturated heterocycles. The van der Waals surface area contributed by atoms with Crippen LogP contribution < -0.4 is 0 Å². The standard InChI is InChI=1S/C14H16ClNO/c1-9(17)4-6-12-10(2)16(3)14-7-5-11(15)8-13(12)14/h5,7-8H,4,6H2,1-3H3. The fourth-order valence-corrected chi connectivity index (χ4v) is 2.41. The van der Waals surface area contributed by atoms with E-state index in [0.717, 1.165) is 11.4 Å². The molecule has 3 heteroatoms. The first-order chi connectivity index (χ1) is 8.00. The van der Waals surface area contributed by atoms with Crippen LogP contribution >= 0.6 is 11.6 Å². The summed E-state index contributed by atoms with van der Waals surface area (Å²) in [6, 6.07) is 5.92. The third-order valence-corrected chi connectivity index (χ3v) is 3.55. The van der Waals surface area contributed by atoms with Crippen molar-refractivity contribution in [3.05, 3.63) is 34.5 Å². The Hall–Kier alpha value is -1.28. The molecule has 90 valence electrons. The number of aromatic nitrogens is 1. The molecule has 1 aromatic heterocycles. The van der Waals surface area contributed by atoms with Gasteiger partial charge in [0, 0.05) is 35.1 Å². The number of halogens is 1. The maximum absolute atomic E-state index is 11.1. The molecule has 0 atom stereocenters. The Bertz CT molecular complexity index is 583. The molecule has 0 bridgehead atoms. The largest absolute Gasteiger partial charge is 0.348 e. The third kappa shape index (κ3) is 2.22. The van der Waals surface area contributed by atoms with Crippen molar-refractivity contribution in [3.8, 4) is 0 Å². The first-order valence-electron chi connectivity index (χ1n) is 5.73. The smallest absolute Gasteiger partial charge is 0.130 e. The topological polar surface area (TPSA) is 22.0 Å². The second kappa shape index (κ2) is 4.53. The second-order valence-electron chi connectivity index (χ2n) is 4.49. The number of hydrogen-bond donors (Lipinski definition) is 0. The molecule has 2 aromatic rings. The minimum atomic E-state index is 0.225. The number of Topliss-reactive ketones (excluding diaryl/α,β-unsaturated/α-hetero) is 1. The van der Waals surface area contributed by atoms with Gasteiger partial charge in [0.05, 0.1) is 0 Å². The number of nitrogens with zero attached hydrogens (tertiary/aromatic N) is 1. The molecule has 1 aromatic carbocycles. The summed E-state index contributed by atoms with van der Waals surface area (Å²) >= 11 is 6.04. The number of hydrogen-bond acceptors (Lipinski definition) is 1. The Morgan fingerprint density at radius 1 is 1.41 bits per heavy atom. The molecule has 0 amide bonds. The van der Waals surface area contributed by atoms with Crippen LogP contribution in [0, 0.1) is 6.92 Å². The van der Waals surface area contributed by atoms with Crippen LogP contribution in [0.15, 0.2) is 18.2 Å². The molecule has 0 unspecified atom stereocenters. The molecular formula is C14H16ClNO. The van der Waals surface area contributed by atoms with Crippen molar-refractivity contribution < 1.29 is 4.79 Å². The highest BCUT2D eigenvalue weighted by Crippen LogP contribution is 2.28. The summed E-state index contributed by atoms with van der Waals surface area (Å²) in [4.78, 5) is 11.1. The first-order valence-corrected chi connectivity index (χ1v) is 6.11. The van der Waals surface area contributed by atoms with Gasteiger partial charge < -0.3 is 9.36 Å². The zero-order valence-corrected chi connectivity index (χ0v) is 11.1. The van der Waals surface area contributed by atoms with Gasteiger partial charge in [0.1, 0.15) is 5.78 Å². The highest BCUT2D eigenvalue weighted by atomic mass is 35.5. The molecule has 0 saturated carbocycles. The normalized spacial score (nSPS) is 11.1.